The van der Waals surface area contributed by atoms with Crippen molar-refractivity contribution in [2.75, 3.05) is 18.0 Å². The number of benzene rings is 2. The van der Waals surface area contributed by atoms with Gasteiger partial charge >= 0.3 is 0 Å². The first-order valence-corrected chi connectivity index (χ1v) is 6.73. The predicted octanol–water partition coefficient (Wildman–Crippen LogP) is 2.55. The highest BCUT2D eigenvalue weighted by Gasteiger charge is 2.23. The third kappa shape index (κ3) is 2.55. The minimum Gasteiger partial charge on any atom is -0.369 e. The molecule has 0 spiro atoms. The predicted molar refractivity (Wildman–Crippen MR) is 78.4 cm³/mol. The summed E-state index contributed by atoms with van der Waals surface area (Å²) in [7, 11) is 0. The minimum absolute atomic E-state index is 0.0605. The third-order valence-electron chi connectivity index (χ3n) is 3.69. The van der Waals surface area contributed by atoms with E-state index in [9.17, 15) is 4.79 Å². The van der Waals surface area contributed by atoms with Gasteiger partial charge in [-0.1, -0.05) is 30.3 Å². The SMILES string of the molecule is CC(=O)NC1CCN(c2ccc3ccccc3c2)C1. The molecule has 0 radical (unpaired) electrons. The Balaban J connectivity index is 1.79. The molecule has 3 heteroatoms. The van der Waals surface area contributed by atoms with E-state index in [1.807, 2.05) is 0 Å². The topological polar surface area (TPSA) is 32.3 Å². The van der Waals surface area contributed by atoms with Gasteiger partial charge in [-0.3, -0.25) is 4.79 Å². The van der Waals surface area contributed by atoms with Crippen LogP contribution in [0.5, 0.6) is 0 Å². The first-order chi connectivity index (χ1) is 9.22. The molecule has 1 heterocycles. The van der Waals surface area contributed by atoms with Crippen LogP contribution in [-0.2, 0) is 4.79 Å². The molecule has 1 unspecified atom stereocenters. The molecular formula is C16H18N2O. The van der Waals surface area contributed by atoms with Crippen LogP contribution in [0.3, 0.4) is 0 Å². The van der Waals surface area contributed by atoms with E-state index in [-0.39, 0.29) is 11.9 Å². The molecule has 1 atom stereocenters. The smallest absolute Gasteiger partial charge is 0.217 e. The maximum atomic E-state index is 11.1. The van der Waals surface area contributed by atoms with Gasteiger partial charge in [-0.15, -0.1) is 0 Å². The number of hydrogen-bond donors (Lipinski definition) is 1. The lowest BCUT2D eigenvalue weighted by molar-refractivity contribution is -0.119. The van der Waals surface area contributed by atoms with Crippen molar-refractivity contribution in [1.82, 2.24) is 5.32 Å². The highest BCUT2D eigenvalue weighted by Crippen LogP contribution is 2.25. The molecule has 0 saturated carbocycles. The molecule has 0 aromatic heterocycles. The zero-order valence-corrected chi connectivity index (χ0v) is 11.1. The summed E-state index contributed by atoms with van der Waals surface area (Å²) in [5.74, 6) is 0.0605. The van der Waals surface area contributed by atoms with Crippen molar-refractivity contribution in [3.63, 3.8) is 0 Å². The summed E-state index contributed by atoms with van der Waals surface area (Å²) in [5, 5.41) is 5.53. The van der Waals surface area contributed by atoms with Crippen LogP contribution in [0.25, 0.3) is 10.8 Å². The Kier molecular flexibility index (Phi) is 3.11. The number of rotatable bonds is 2. The van der Waals surface area contributed by atoms with Gasteiger partial charge in [-0.25, -0.2) is 0 Å². The second-order valence-electron chi connectivity index (χ2n) is 5.16. The van der Waals surface area contributed by atoms with Crippen molar-refractivity contribution in [2.45, 2.75) is 19.4 Å². The van der Waals surface area contributed by atoms with Crippen LogP contribution < -0.4 is 10.2 Å². The van der Waals surface area contributed by atoms with Gasteiger partial charge in [0.2, 0.25) is 5.91 Å². The monoisotopic (exact) mass is 254 g/mol. The van der Waals surface area contributed by atoms with Gasteiger partial charge in [0, 0.05) is 31.7 Å². The number of hydrogen-bond acceptors (Lipinski definition) is 2. The highest BCUT2D eigenvalue weighted by atomic mass is 16.1. The summed E-state index contributed by atoms with van der Waals surface area (Å²) in [6.45, 7) is 3.49. The van der Waals surface area contributed by atoms with Crippen molar-refractivity contribution in [1.29, 1.82) is 0 Å². The average molecular weight is 254 g/mol. The third-order valence-corrected chi connectivity index (χ3v) is 3.69. The molecule has 98 valence electrons. The Labute approximate surface area is 113 Å². The summed E-state index contributed by atoms with van der Waals surface area (Å²) in [4.78, 5) is 13.4. The van der Waals surface area contributed by atoms with Gasteiger partial charge in [0.25, 0.3) is 0 Å². The second-order valence-corrected chi connectivity index (χ2v) is 5.16. The molecular weight excluding hydrogens is 236 g/mol. The number of carbonyl (C=O) groups is 1. The normalized spacial score (nSPS) is 18.8. The number of fused-ring (bicyclic) bond motifs is 1. The van der Waals surface area contributed by atoms with Gasteiger partial charge in [0.15, 0.2) is 0 Å². The fraction of sp³-hybridized carbons (Fsp3) is 0.312. The standard InChI is InChI=1S/C16H18N2O/c1-12(19)17-15-8-9-18(11-15)16-7-6-13-4-2-3-5-14(13)10-16/h2-7,10,15H,8-9,11H2,1H3,(H,17,19). The summed E-state index contributed by atoms with van der Waals surface area (Å²) in [6.07, 6.45) is 1.02. The molecule has 1 saturated heterocycles. The van der Waals surface area contributed by atoms with Crippen molar-refractivity contribution in [2.24, 2.45) is 0 Å². The Morgan fingerprint density at radius 3 is 2.79 bits per heavy atom. The second kappa shape index (κ2) is 4.92. The van der Waals surface area contributed by atoms with Crippen molar-refractivity contribution >= 4 is 22.4 Å². The van der Waals surface area contributed by atoms with E-state index >= 15 is 0 Å². The largest absolute Gasteiger partial charge is 0.369 e. The summed E-state index contributed by atoms with van der Waals surface area (Å²) >= 11 is 0. The van der Waals surface area contributed by atoms with E-state index in [2.05, 4.69) is 52.7 Å². The number of nitrogens with one attached hydrogen (secondary N) is 1. The Morgan fingerprint density at radius 2 is 2.00 bits per heavy atom. The maximum Gasteiger partial charge on any atom is 0.217 e. The molecule has 0 bridgehead atoms. The van der Waals surface area contributed by atoms with Crippen molar-refractivity contribution in [3.05, 3.63) is 42.5 Å². The van der Waals surface area contributed by atoms with E-state index < -0.39 is 0 Å². The zero-order chi connectivity index (χ0) is 13.2. The van der Waals surface area contributed by atoms with Crippen LogP contribution in [0.1, 0.15) is 13.3 Å². The molecule has 1 aliphatic rings. The first-order valence-electron chi connectivity index (χ1n) is 6.73. The molecule has 0 aliphatic carbocycles. The van der Waals surface area contributed by atoms with E-state index in [1.165, 1.54) is 16.5 Å². The molecule has 19 heavy (non-hydrogen) atoms. The summed E-state index contributed by atoms with van der Waals surface area (Å²) < 4.78 is 0. The van der Waals surface area contributed by atoms with Crippen LogP contribution in [0.15, 0.2) is 42.5 Å². The van der Waals surface area contributed by atoms with Crippen LogP contribution in [0.2, 0.25) is 0 Å². The Bertz CT molecular complexity index is 608. The molecule has 2 aromatic rings. The number of carbonyl (C=O) groups excluding carboxylic acids is 1. The summed E-state index contributed by atoms with van der Waals surface area (Å²) in [6, 6.07) is 15.2. The van der Waals surface area contributed by atoms with E-state index in [4.69, 9.17) is 0 Å². The number of nitrogens with zero attached hydrogens (tertiary/aromatic N) is 1. The number of anilines is 1. The fourth-order valence-electron chi connectivity index (χ4n) is 2.77. The molecule has 1 aliphatic heterocycles. The summed E-state index contributed by atoms with van der Waals surface area (Å²) in [5.41, 5.74) is 1.24. The lowest BCUT2D eigenvalue weighted by Crippen LogP contribution is -2.35. The van der Waals surface area contributed by atoms with Crippen LogP contribution in [0.4, 0.5) is 5.69 Å². The van der Waals surface area contributed by atoms with Crippen molar-refractivity contribution < 1.29 is 4.79 Å². The molecule has 2 aromatic carbocycles. The average Bonchev–Trinajstić information content (AvgIpc) is 2.86. The molecule has 3 rings (SSSR count). The van der Waals surface area contributed by atoms with Crippen molar-refractivity contribution in [3.8, 4) is 0 Å². The maximum absolute atomic E-state index is 11.1. The Morgan fingerprint density at radius 1 is 1.21 bits per heavy atom. The van der Waals surface area contributed by atoms with E-state index in [0.717, 1.165) is 19.5 Å². The van der Waals surface area contributed by atoms with Crippen LogP contribution in [-0.4, -0.2) is 25.0 Å². The Hall–Kier alpha value is -2.03. The lowest BCUT2D eigenvalue weighted by Gasteiger charge is -2.19. The van der Waals surface area contributed by atoms with Gasteiger partial charge in [-0.05, 0) is 29.3 Å². The molecule has 1 amide bonds. The number of amides is 1. The van der Waals surface area contributed by atoms with E-state index in [0.29, 0.717) is 0 Å². The fourth-order valence-corrected chi connectivity index (χ4v) is 2.77. The quantitative estimate of drug-likeness (QED) is 0.893. The van der Waals surface area contributed by atoms with Gasteiger partial charge in [0.1, 0.15) is 0 Å². The zero-order valence-electron chi connectivity index (χ0n) is 11.1. The minimum atomic E-state index is 0.0605. The molecule has 3 nitrogen and oxygen atoms in total. The van der Waals surface area contributed by atoms with Gasteiger partial charge < -0.3 is 10.2 Å². The van der Waals surface area contributed by atoms with Gasteiger partial charge in [0.05, 0.1) is 0 Å². The first kappa shape index (κ1) is 12.0. The van der Waals surface area contributed by atoms with E-state index in [1.54, 1.807) is 6.92 Å². The van der Waals surface area contributed by atoms with Gasteiger partial charge in [-0.2, -0.15) is 0 Å². The highest BCUT2D eigenvalue weighted by molar-refractivity contribution is 5.86. The lowest BCUT2D eigenvalue weighted by atomic mass is 10.1. The molecule has 1 N–H and O–H groups in total. The molecule has 1 fully saturated rings. The van der Waals surface area contributed by atoms with Crippen LogP contribution in [0, 0.1) is 0 Å². The van der Waals surface area contributed by atoms with Crippen LogP contribution >= 0.6 is 0 Å².